The van der Waals surface area contributed by atoms with E-state index in [9.17, 15) is 0 Å². The van der Waals surface area contributed by atoms with Crippen molar-refractivity contribution in [2.45, 2.75) is 12.8 Å². The zero-order valence-electron chi connectivity index (χ0n) is 9.19. The Morgan fingerprint density at radius 2 is 0.875 bits per heavy atom. The number of hydrogen-bond acceptors (Lipinski definition) is 0. The Hall–Kier alpha value is -1.82. The second-order valence-corrected chi connectivity index (χ2v) is 4.32. The lowest BCUT2D eigenvalue weighted by molar-refractivity contribution is 0.960. The number of rotatable bonds is 0. The van der Waals surface area contributed by atoms with E-state index < -0.39 is 0 Å². The van der Waals surface area contributed by atoms with Crippen LogP contribution in [0.15, 0.2) is 48.5 Å². The summed E-state index contributed by atoms with van der Waals surface area (Å²) in [6.45, 7) is 0. The summed E-state index contributed by atoms with van der Waals surface area (Å²) in [4.78, 5) is 0. The van der Waals surface area contributed by atoms with Gasteiger partial charge in [-0.15, -0.1) is 0 Å². The van der Waals surface area contributed by atoms with Gasteiger partial charge in [0.1, 0.15) is 0 Å². The summed E-state index contributed by atoms with van der Waals surface area (Å²) in [6, 6.07) is 17.7. The quantitative estimate of drug-likeness (QED) is 0.612. The van der Waals surface area contributed by atoms with Gasteiger partial charge < -0.3 is 0 Å². The van der Waals surface area contributed by atoms with E-state index in [0.717, 1.165) is 12.8 Å². The van der Waals surface area contributed by atoms with E-state index in [0.29, 0.717) is 0 Å². The minimum atomic E-state index is 1.13. The summed E-state index contributed by atoms with van der Waals surface area (Å²) in [5, 5.41) is 0. The molecule has 0 aliphatic heterocycles. The van der Waals surface area contributed by atoms with Crippen LogP contribution in [0.2, 0.25) is 0 Å². The van der Waals surface area contributed by atoms with Crippen LogP contribution in [0.3, 0.4) is 0 Å². The predicted octanol–water partition coefficient (Wildman–Crippen LogP) is 3.96. The zero-order valence-corrected chi connectivity index (χ0v) is 9.19. The van der Waals surface area contributed by atoms with Gasteiger partial charge in [-0.2, -0.15) is 0 Å². The second-order valence-electron chi connectivity index (χ2n) is 4.32. The normalized spacial score (nSPS) is 15.5. The third-order valence-electron chi connectivity index (χ3n) is 3.13. The van der Waals surface area contributed by atoms with Crippen molar-refractivity contribution in [3.05, 3.63) is 70.8 Å². The molecule has 0 fully saturated rings. The zero-order chi connectivity index (χ0) is 10.8. The molecule has 0 N–H and O–H groups in total. The van der Waals surface area contributed by atoms with Crippen molar-refractivity contribution >= 4 is 12.2 Å². The molecule has 78 valence electrons. The van der Waals surface area contributed by atoms with Crippen LogP contribution >= 0.6 is 0 Å². The van der Waals surface area contributed by atoms with E-state index in [2.05, 4.69) is 60.7 Å². The molecule has 0 nitrogen and oxygen atoms in total. The fraction of sp³-hybridized carbons (Fsp3) is 0.125. The van der Waals surface area contributed by atoms with Crippen molar-refractivity contribution < 1.29 is 0 Å². The van der Waals surface area contributed by atoms with Gasteiger partial charge in [0.25, 0.3) is 0 Å². The molecule has 4 aliphatic carbocycles. The molecule has 0 spiro atoms. The lowest BCUT2D eigenvalue weighted by atomic mass is 10.0. The van der Waals surface area contributed by atoms with Gasteiger partial charge in [-0.1, -0.05) is 60.7 Å². The number of hydrogen-bond donors (Lipinski definition) is 0. The van der Waals surface area contributed by atoms with Crippen molar-refractivity contribution in [1.29, 1.82) is 0 Å². The molecule has 2 aromatic carbocycles. The molecule has 0 saturated carbocycles. The summed E-state index contributed by atoms with van der Waals surface area (Å²) < 4.78 is 0. The molecule has 2 aromatic rings. The third kappa shape index (κ3) is 1.92. The minimum Gasteiger partial charge on any atom is -0.0584 e. The van der Waals surface area contributed by atoms with E-state index in [1.165, 1.54) is 22.3 Å². The molecule has 4 bridgehead atoms. The molecule has 4 aliphatic rings. The number of aryl methyl sites for hydroxylation is 2. The highest BCUT2D eigenvalue weighted by Gasteiger charge is 1.98. The highest BCUT2D eigenvalue weighted by molar-refractivity contribution is 5.69. The largest absolute Gasteiger partial charge is 0.0584 e. The van der Waals surface area contributed by atoms with Gasteiger partial charge in [-0.3, -0.25) is 0 Å². The fourth-order valence-corrected chi connectivity index (χ4v) is 2.07. The Balaban J connectivity index is 2.09. The van der Waals surface area contributed by atoms with E-state index in [1.54, 1.807) is 0 Å². The summed E-state index contributed by atoms with van der Waals surface area (Å²) in [6.07, 6.45) is 6.59. The van der Waals surface area contributed by atoms with Crippen molar-refractivity contribution in [1.82, 2.24) is 0 Å². The Bertz CT molecular complexity index is 451. The Kier molecular flexibility index (Phi) is 2.34. The second kappa shape index (κ2) is 3.97. The molecular formula is C16H14. The van der Waals surface area contributed by atoms with Crippen LogP contribution in [0, 0.1) is 0 Å². The molecule has 16 heavy (non-hydrogen) atoms. The lowest BCUT2D eigenvalue weighted by Gasteiger charge is -2.05. The minimum absolute atomic E-state index is 1.13. The van der Waals surface area contributed by atoms with Gasteiger partial charge in [0.15, 0.2) is 0 Å². The molecular weight excluding hydrogens is 192 g/mol. The van der Waals surface area contributed by atoms with Crippen LogP contribution in [-0.2, 0) is 12.8 Å². The van der Waals surface area contributed by atoms with Gasteiger partial charge in [-0.05, 0) is 35.1 Å². The first-order valence-electron chi connectivity index (χ1n) is 5.76. The Labute approximate surface area is 96.3 Å². The first-order chi connectivity index (χ1) is 7.90. The van der Waals surface area contributed by atoms with E-state index >= 15 is 0 Å². The molecule has 0 atom stereocenters. The lowest BCUT2D eigenvalue weighted by Crippen LogP contribution is -1.92. The SMILES string of the molecule is C1=C\c2ccc(cc2)CCc2ccc/1cc2. The van der Waals surface area contributed by atoms with Gasteiger partial charge in [0.05, 0.1) is 0 Å². The molecule has 0 heterocycles. The van der Waals surface area contributed by atoms with Crippen LogP contribution in [0.5, 0.6) is 0 Å². The topological polar surface area (TPSA) is 0 Å². The van der Waals surface area contributed by atoms with Gasteiger partial charge in [0, 0.05) is 0 Å². The van der Waals surface area contributed by atoms with Crippen molar-refractivity contribution in [3.63, 3.8) is 0 Å². The molecule has 0 unspecified atom stereocenters. The third-order valence-corrected chi connectivity index (χ3v) is 3.13. The highest BCUT2D eigenvalue weighted by Crippen LogP contribution is 2.15. The van der Waals surface area contributed by atoms with Gasteiger partial charge in [0.2, 0.25) is 0 Å². The van der Waals surface area contributed by atoms with Crippen molar-refractivity contribution in [2.24, 2.45) is 0 Å². The molecule has 6 rings (SSSR count). The summed E-state index contributed by atoms with van der Waals surface area (Å²) in [7, 11) is 0. The maximum atomic E-state index is 2.23. The fourth-order valence-electron chi connectivity index (χ4n) is 2.07. The molecule has 0 amide bonds. The molecule has 0 saturated heterocycles. The van der Waals surface area contributed by atoms with E-state index in [1.807, 2.05) is 0 Å². The van der Waals surface area contributed by atoms with Crippen LogP contribution < -0.4 is 0 Å². The standard InChI is InChI=1S/C16H14/c1-2-14-4-3-13(1)9-10-15-5-7-16(8-6-15)12-11-14/h1-10H,11-12H2/b10-9-. The maximum absolute atomic E-state index is 2.23. The first-order valence-corrected chi connectivity index (χ1v) is 5.76. The monoisotopic (exact) mass is 206 g/mol. The van der Waals surface area contributed by atoms with Crippen LogP contribution in [0.4, 0.5) is 0 Å². The molecule has 0 aromatic heterocycles. The average molecular weight is 206 g/mol. The summed E-state index contributed by atoms with van der Waals surface area (Å²) in [5.74, 6) is 0. The Morgan fingerprint density at radius 1 is 0.500 bits per heavy atom. The van der Waals surface area contributed by atoms with E-state index in [-0.39, 0.29) is 0 Å². The van der Waals surface area contributed by atoms with Crippen molar-refractivity contribution in [2.75, 3.05) is 0 Å². The summed E-state index contributed by atoms with van der Waals surface area (Å²) in [5.41, 5.74) is 5.38. The van der Waals surface area contributed by atoms with E-state index in [4.69, 9.17) is 0 Å². The Morgan fingerprint density at radius 3 is 1.25 bits per heavy atom. The smallest absolute Gasteiger partial charge is 0.0238 e. The highest BCUT2D eigenvalue weighted by atomic mass is 14.0. The van der Waals surface area contributed by atoms with Crippen LogP contribution in [0.25, 0.3) is 12.2 Å². The van der Waals surface area contributed by atoms with Crippen molar-refractivity contribution in [3.8, 4) is 0 Å². The maximum Gasteiger partial charge on any atom is -0.0238 e. The predicted molar refractivity (Wildman–Crippen MR) is 69.2 cm³/mol. The van der Waals surface area contributed by atoms with Crippen LogP contribution in [-0.4, -0.2) is 0 Å². The van der Waals surface area contributed by atoms with Gasteiger partial charge >= 0.3 is 0 Å². The molecule has 0 heteroatoms. The summed E-state index contributed by atoms with van der Waals surface area (Å²) >= 11 is 0. The molecule has 0 radical (unpaired) electrons. The van der Waals surface area contributed by atoms with Gasteiger partial charge in [-0.25, -0.2) is 0 Å². The number of benzene rings is 2. The first kappa shape index (κ1) is 9.41. The van der Waals surface area contributed by atoms with Crippen LogP contribution in [0.1, 0.15) is 22.3 Å². The average Bonchev–Trinajstić information content (AvgIpc) is 2.33.